The summed E-state index contributed by atoms with van der Waals surface area (Å²) in [7, 11) is 3.27. The van der Waals surface area contributed by atoms with Gasteiger partial charge in [-0.3, -0.25) is 0 Å². The fourth-order valence-corrected chi connectivity index (χ4v) is 2.54. The van der Waals surface area contributed by atoms with Crippen molar-refractivity contribution in [3.8, 4) is 0 Å². The summed E-state index contributed by atoms with van der Waals surface area (Å²) in [4.78, 5) is 12.4. The Labute approximate surface area is 142 Å². The van der Waals surface area contributed by atoms with E-state index in [0.29, 0.717) is 13.0 Å². The van der Waals surface area contributed by atoms with Gasteiger partial charge < -0.3 is 15.2 Å². The van der Waals surface area contributed by atoms with E-state index in [1.807, 2.05) is 30.5 Å². The molecule has 3 aromatic rings. The first kappa shape index (κ1) is 17.1. The summed E-state index contributed by atoms with van der Waals surface area (Å²) in [6.07, 6.45) is -1.97. The lowest BCUT2D eigenvalue weighted by atomic mass is 10.1. The number of anilines is 2. The Kier molecular flexibility index (Phi) is 4.52. The zero-order chi connectivity index (χ0) is 18.0. The number of aromatic amines is 1. The van der Waals surface area contributed by atoms with Crippen LogP contribution in [0.2, 0.25) is 0 Å². The molecule has 0 saturated heterocycles. The van der Waals surface area contributed by atoms with E-state index in [9.17, 15) is 13.2 Å². The number of nitrogens with zero attached hydrogens (tertiary/aromatic N) is 3. The molecule has 2 heterocycles. The standard InChI is InChI=1S/C17H18F3N5/c1-25(2)15-9-14(17(18,19)20)23-16(24-15)21-8-7-11-10-22-13-6-4-3-5-12(11)13/h3-6,9-10,22H,7-8H2,1-2H3,(H,21,23,24). The Hall–Kier alpha value is -2.77. The van der Waals surface area contributed by atoms with Crippen LogP contribution in [0.15, 0.2) is 36.5 Å². The molecule has 0 fully saturated rings. The second-order valence-electron chi connectivity index (χ2n) is 5.86. The Morgan fingerprint density at radius 3 is 2.64 bits per heavy atom. The largest absolute Gasteiger partial charge is 0.433 e. The van der Waals surface area contributed by atoms with E-state index in [0.717, 1.165) is 22.5 Å². The summed E-state index contributed by atoms with van der Waals surface area (Å²) in [5.41, 5.74) is 1.16. The maximum absolute atomic E-state index is 13.0. The molecule has 0 radical (unpaired) electrons. The van der Waals surface area contributed by atoms with E-state index in [2.05, 4.69) is 20.3 Å². The van der Waals surface area contributed by atoms with Crippen LogP contribution in [0, 0.1) is 0 Å². The van der Waals surface area contributed by atoms with Gasteiger partial charge in [0.1, 0.15) is 5.82 Å². The molecule has 25 heavy (non-hydrogen) atoms. The van der Waals surface area contributed by atoms with Gasteiger partial charge in [-0.15, -0.1) is 0 Å². The number of para-hydroxylation sites is 1. The number of H-pyrrole nitrogens is 1. The molecule has 0 spiro atoms. The minimum Gasteiger partial charge on any atom is -0.363 e. The number of benzene rings is 1. The molecule has 0 unspecified atom stereocenters. The molecular formula is C17H18F3N5. The van der Waals surface area contributed by atoms with Gasteiger partial charge in [-0.05, 0) is 18.1 Å². The molecule has 0 aliphatic heterocycles. The Morgan fingerprint density at radius 1 is 1.16 bits per heavy atom. The lowest BCUT2D eigenvalue weighted by Gasteiger charge is -2.15. The molecule has 0 amide bonds. The van der Waals surface area contributed by atoms with Crippen molar-refractivity contribution >= 4 is 22.7 Å². The number of nitrogens with one attached hydrogen (secondary N) is 2. The number of halogens is 3. The van der Waals surface area contributed by atoms with E-state index < -0.39 is 11.9 Å². The van der Waals surface area contributed by atoms with Crippen LogP contribution in [0.5, 0.6) is 0 Å². The second kappa shape index (κ2) is 6.62. The highest BCUT2D eigenvalue weighted by Crippen LogP contribution is 2.30. The molecular weight excluding hydrogens is 331 g/mol. The molecule has 132 valence electrons. The van der Waals surface area contributed by atoms with E-state index in [-0.39, 0.29) is 11.8 Å². The van der Waals surface area contributed by atoms with Crippen LogP contribution in [0.25, 0.3) is 10.9 Å². The topological polar surface area (TPSA) is 56.8 Å². The quantitative estimate of drug-likeness (QED) is 0.737. The molecule has 8 heteroatoms. The smallest absolute Gasteiger partial charge is 0.363 e. The minimum atomic E-state index is -4.51. The molecule has 0 atom stereocenters. The van der Waals surface area contributed by atoms with Gasteiger partial charge in [0, 0.05) is 43.8 Å². The van der Waals surface area contributed by atoms with E-state index >= 15 is 0 Å². The molecule has 2 aromatic heterocycles. The van der Waals surface area contributed by atoms with Crippen molar-refractivity contribution in [2.45, 2.75) is 12.6 Å². The second-order valence-corrected chi connectivity index (χ2v) is 5.86. The first-order valence-corrected chi connectivity index (χ1v) is 7.77. The summed E-state index contributed by atoms with van der Waals surface area (Å²) < 4.78 is 39.0. The monoisotopic (exact) mass is 349 g/mol. The predicted molar refractivity (Wildman–Crippen MR) is 91.9 cm³/mol. The average molecular weight is 349 g/mol. The SMILES string of the molecule is CN(C)c1cc(C(F)(F)F)nc(NCCc2c[nH]c3ccccc23)n1. The summed E-state index contributed by atoms with van der Waals surface area (Å²) in [6.45, 7) is 0.427. The zero-order valence-corrected chi connectivity index (χ0v) is 13.9. The van der Waals surface area contributed by atoms with Crippen LogP contribution in [-0.4, -0.2) is 35.6 Å². The van der Waals surface area contributed by atoms with E-state index in [1.165, 1.54) is 4.90 Å². The van der Waals surface area contributed by atoms with E-state index in [4.69, 9.17) is 0 Å². The summed E-state index contributed by atoms with van der Waals surface area (Å²) in [6, 6.07) is 8.81. The van der Waals surface area contributed by atoms with Gasteiger partial charge >= 0.3 is 6.18 Å². The molecule has 3 rings (SSSR count). The number of hydrogen-bond acceptors (Lipinski definition) is 4. The van der Waals surface area contributed by atoms with Crippen LogP contribution >= 0.6 is 0 Å². The third-order valence-electron chi connectivity index (χ3n) is 3.81. The highest BCUT2D eigenvalue weighted by atomic mass is 19.4. The molecule has 0 aliphatic carbocycles. The number of fused-ring (bicyclic) bond motifs is 1. The van der Waals surface area contributed by atoms with Gasteiger partial charge in [0.05, 0.1) is 0 Å². The van der Waals surface area contributed by atoms with Crippen LogP contribution in [0.3, 0.4) is 0 Å². The number of alkyl halides is 3. The maximum Gasteiger partial charge on any atom is 0.433 e. The van der Waals surface area contributed by atoms with Crippen molar-refractivity contribution < 1.29 is 13.2 Å². The van der Waals surface area contributed by atoms with Crippen molar-refractivity contribution in [3.63, 3.8) is 0 Å². The normalized spacial score (nSPS) is 11.7. The number of hydrogen-bond donors (Lipinski definition) is 2. The maximum atomic E-state index is 13.0. The highest BCUT2D eigenvalue weighted by molar-refractivity contribution is 5.83. The molecule has 1 aromatic carbocycles. The van der Waals surface area contributed by atoms with Gasteiger partial charge in [-0.25, -0.2) is 4.98 Å². The fourth-order valence-electron chi connectivity index (χ4n) is 2.54. The Bertz CT molecular complexity index is 870. The van der Waals surface area contributed by atoms with Crippen molar-refractivity contribution in [3.05, 3.63) is 47.8 Å². The van der Waals surface area contributed by atoms with Gasteiger partial charge in [0.15, 0.2) is 5.69 Å². The first-order chi connectivity index (χ1) is 11.8. The average Bonchev–Trinajstić information content (AvgIpc) is 2.97. The van der Waals surface area contributed by atoms with Crippen LogP contribution in [0.1, 0.15) is 11.3 Å². The number of rotatable bonds is 5. The van der Waals surface area contributed by atoms with Crippen molar-refractivity contribution in [1.82, 2.24) is 15.0 Å². The van der Waals surface area contributed by atoms with Gasteiger partial charge in [0.25, 0.3) is 0 Å². The zero-order valence-electron chi connectivity index (χ0n) is 13.9. The van der Waals surface area contributed by atoms with Gasteiger partial charge in [-0.1, -0.05) is 18.2 Å². The molecule has 0 saturated carbocycles. The van der Waals surface area contributed by atoms with E-state index in [1.54, 1.807) is 14.1 Å². The van der Waals surface area contributed by atoms with Crippen LogP contribution in [0.4, 0.5) is 24.9 Å². The molecule has 5 nitrogen and oxygen atoms in total. The lowest BCUT2D eigenvalue weighted by Crippen LogP contribution is -2.18. The lowest BCUT2D eigenvalue weighted by molar-refractivity contribution is -0.141. The predicted octanol–water partition coefficient (Wildman–Crippen LogP) is 3.70. The van der Waals surface area contributed by atoms with Gasteiger partial charge in [-0.2, -0.15) is 18.2 Å². The first-order valence-electron chi connectivity index (χ1n) is 7.77. The van der Waals surface area contributed by atoms with Crippen molar-refractivity contribution in [1.29, 1.82) is 0 Å². The minimum absolute atomic E-state index is 0.0293. The fraction of sp³-hybridized carbons (Fsp3) is 0.294. The third kappa shape index (κ3) is 3.84. The molecule has 2 N–H and O–H groups in total. The molecule has 0 aliphatic rings. The number of aromatic nitrogens is 3. The summed E-state index contributed by atoms with van der Waals surface area (Å²) >= 11 is 0. The Morgan fingerprint density at radius 2 is 1.92 bits per heavy atom. The highest BCUT2D eigenvalue weighted by Gasteiger charge is 2.34. The summed E-state index contributed by atoms with van der Waals surface area (Å²) in [5.74, 6) is 0.176. The molecule has 0 bridgehead atoms. The third-order valence-corrected chi connectivity index (χ3v) is 3.81. The van der Waals surface area contributed by atoms with Gasteiger partial charge in [0.2, 0.25) is 5.95 Å². The van der Waals surface area contributed by atoms with Crippen LogP contribution in [-0.2, 0) is 12.6 Å². The summed E-state index contributed by atoms with van der Waals surface area (Å²) in [5, 5.41) is 3.99. The van der Waals surface area contributed by atoms with Crippen molar-refractivity contribution in [2.24, 2.45) is 0 Å². The Balaban J connectivity index is 1.75. The van der Waals surface area contributed by atoms with Crippen molar-refractivity contribution in [2.75, 3.05) is 30.9 Å². The van der Waals surface area contributed by atoms with Crippen LogP contribution < -0.4 is 10.2 Å².